The molecule has 2 nitrogen and oxygen atoms in total. The quantitative estimate of drug-likeness (QED) is 0.645. The highest BCUT2D eigenvalue weighted by Crippen LogP contribution is 2.13. The summed E-state index contributed by atoms with van der Waals surface area (Å²) in [5, 5.41) is 3.00. The highest BCUT2D eigenvalue weighted by Gasteiger charge is 2.26. The first-order valence-electron chi connectivity index (χ1n) is 4.40. The molecule has 6 heteroatoms. The Kier molecular flexibility index (Phi) is 8.41. The van der Waals surface area contributed by atoms with Gasteiger partial charge in [0.05, 0.1) is 6.61 Å². The molecular weight excluding hydrogens is 215 g/mol. The highest BCUT2D eigenvalue weighted by molar-refractivity contribution is 7.98. The van der Waals surface area contributed by atoms with Crippen molar-refractivity contribution in [2.45, 2.75) is 12.6 Å². The van der Waals surface area contributed by atoms with Gasteiger partial charge in [-0.3, -0.25) is 0 Å². The summed E-state index contributed by atoms with van der Waals surface area (Å²) < 4.78 is 39.2. The van der Waals surface area contributed by atoms with Gasteiger partial charge in [0.15, 0.2) is 0 Å². The molecule has 0 aliphatic heterocycles. The average molecular weight is 231 g/mol. The van der Waals surface area contributed by atoms with Gasteiger partial charge in [-0.25, -0.2) is 0 Å². The fraction of sp³-hybridized carbons (Fsp3) is 1.00. The molecule has 0 heterocycles. The van der Waals surface area contributed by atoms with Crippen LogP contribution >= 0.6 is 11.8 Å². The molecule has 0 aromatic heterocycles. The standard InChI is InChI=1S/C8H16F3NOS/c1-14-6-2-3-12-4-5-13-7-8(9,10)11/h12H,2-7H2,1H3. The lowest BCUT2D eigenvalue weighted by Gasteiger charge is -2.08. The van der Waals surface area contributed by atoms with E-state index in [2.05, 4.69) is 10.1 Å². The molecule has 0 saturated carbocycles. The maximum Gasteiger partial charge on any atom is 0.411 e. The summed E-state index contributed by atoms with van der Waals surface area (Å²) in [7, 11) is 0. The van der Waals surface area contributed by atoms with Crippen molar-refractivity contribution in [3.8, 4) is 0 Å². The maximum atomic E-state index is 11.6. The lowest BCUT2D eigenvalue weighted by Crippen LogP contribution is -2.24. The molecule has 0 rings (SSSR count). The monoisotopic (exact) mass is 231 g/mol. The fourth-order valence-corrected chi connectivity index (χ4v) is 1.23. The van der Waals surface area contributed by atoms with Crippen molar-refractivity contribution in [1.82, 2.24) is 5.32 Å². The molecule has 0 amide bonds. The van der Waals surface area contributed by atoms with E-state index in [-0.39, 0.29) is 6.61 Å². The highest BCUT2D eigenvalue weighted by atomic mass is 32.2. The Morgan fingerprint density at radius 2 is 2.00 bits per heavy atom. The number of hydrogen-bond donors (Lipinski definition) is 1. The second-order valence-corrected chi connectivity index (χ2v) is 3.75. The van der Waals surface area contributed by atoms with Gasteiger partial charge in [0.2, 0.25) is 0 Å². The van der Waals surface area contributed by atoms with Crippen LogP contribution in [0.2, 0.25) is 0 Å². The van der Waals surface area contributed by atoms with Crippen molar-refractivity contribution < 1.29 is 17.9 Å². The Morgan fingerprint density at radius 3 is 2.57 bits per heavy atom. The first-order chi connectivity index (χ1) is 6.56. The maximum absolute atomic E-state index is 11.6. The van der Waals surface area contributed by atoms with Gasteiger partial charge in [-0.15, -0.1) is 0 Å². The Labute approximate surface area is 86.6 Å². The molecule has 0 aromatic carbocycles. The normalized spacial score (nSPS) is 12.0. The summed E-state index contributed by atoms with van der Waals surface area (Å²) in [5.41, 5.74) is 0. The molecule has 0 aromatic rings. The van der Waals surface area contributed by atoms with Crippen molar-refractivity contribution in [2.24, 2.45) is 0 Å². The zero-order chi connectivity index (χ0) is 10.9. The number of halogens is 3. The molecule has 0 unspecified atom stereocenters. The number of hydrogen-bond acceptors (Lipinski definition) is 3. The minimum absolute atomic E-state index is 0.110. The number of rotatable bonds is 8. The lowest BCUT2D eigenvalue weighted by molar-refractivity contribution is -0.173. The van der Waals surface area contributed by atoms with E-state index in [1.807, 2.05) is 6.26 Å². The van der Waals surface area contributed by atoms with E-state index in [0.29, 0.717) is 6.54 Å². The van der Waals surface area contributed by atoms with Crippen molar-refractivity contribution in [3.05, 3.63) is 0 Å². The minimum atomic E-state index is -4.21. The first kappa shape index (κ1) is 14.1. The molecule has 0 radical (unpaired) electrons. The van der Waals surface area contributed by atoms with Gasteiger partial charge < -0.3 is 10.1 Å². The van der Waals surface area contributed by atoms with Gasteiger partial charge in [0.25, 0.3) is 0 Å². The predicted molar refractivity (Wildman–Crippen MR) is 52.7 cm³/mol. The number of thioether (sulfide) groups is 1. The van der Waals surface area contributed by atoms with Crippen LogP contribution in [0.25, 0.3) is 0 Å². The van der Waals surface area contributed by atoms with E-state index < -0.39 is 12.8 Å². The first-order valence-corrected chi connectivity index (χ1v) is 5.80. The molecule has 14 heavy (non-hydrogen) atoms. The molecule has 86 valence electrons. The molecule has 1 N–H and O–H groups in total. The predicted octanol–water partition coefficient (Wildman–Crippen LogP) is 1.91. The van der Waals surface area contributed by atoms with Gasteiger partial charge >= 0.3 is 6.18 Å². The van der Waals surface area contributed by atoms with Gasteiger partial charge in [-0.1, -0.05) is 0 Å². The molecule has 0 fully saturated rings. The van der Waals surface area contributed by atoms with Gasteiger partial charge in [0, 0.05) is 6.54 Å². The average Bonchev–Trinajstić information content (AvgIpc) is 2.08. The van der Waals surface area contributed by atoms with Gasteiger partial charge in [-0.2, -0.15) is 24.9 Å². The third kappa shape index (κ3) is 12.1. The van der Waals surface area contributed by atoms with Crippen LogP contribution in [0.5, 0.6) is 0 Å². The van der Waals surface area contributed by atoms with E-state index in [1.54, 1.807) is 11.8 Å². The van der Waals surface area contributed by atoms with Crippen LogP contribution in [0.1, 0.15) is 6.42 Å². The van der Waals surface area contributed by atoms with Gasteiger partial charge in [-0.05, 0) is 25.0 Å². The topological polar surface area (TPSA) is 21.3 Å². The Bertz CT molecular complexity index is 132. The van der Waals surface area contributed by atoms with Crippen molar-refractivity contribution in [1.29, 1.82) is 0 Å². The number of ether oxygens (including phenoxy) is 1. The summed E-state index contributed by atoms with van der Waals surface area (Å²) in [5.74, 6) is 1.07. The van der Waals surface area contributed by atoms with Crippen LogP contribution in [-0.4, -0.2) is 44.5 Å². The van der Waals surface area contributed by atoms with Crippen LogP contribution in [-0.2, 0) is 4.74 Å². The van der Waals surface area contributed by atoms with E-state index in [1.165, 1.54) is 0 Å². The number of nitrogens with one attached hydrogen (secondary N) is 1. The zero-order valence-corrected chi connectivity index (χ0v) is 9.01. The van der Waals surface area contributed by atoms with Gasteiger partial charge in [0.1, 0.15) is 6.61 Å². The fourth-order valence-electron chi connectivity index (χ4n) is 0.799. The summed E-state index contributed by atoms with van der Waals surface area (Å²) in [6, 6.07) is 0. The Balaban J connectivity index is 2.99. The smallest absolute Gasteiger partial charge is 0.371 e. The summed E-state index contributed by atoms with van der Waals surface area (Å²) >= 11 is 1.75. The summed E-state index contributed by atoms with van der Waals surface area (Å²) in [6.07, 6.45) is -1.16. The lowest BCUT2D eigenvalue weighted by atomic mass is 10.5. The van der Waals surface area contributed by atoms with E-state index in [0.717, 1.165) is 18.7 Å². The van der Waals surface area contributed by atoms with Crippen LogP contribution in [0.4, 0.5) is 13.2 Å². The van der Waals surface area contributed by atoms with Crippen LogP contribution in [0.3, 0.4) is 0 Å². The molecule has 0 bridgehead atoms. The molecule has 0 aliphatic carbocycles. The van der Waals surface area contributed by atoms with Crippen LogP contribution in [0.15, 0.2) is 0 Å². The second-order valence-electron chi connectivity index (χ2n) is 2.76. The molecule has 0 aliphatic rings. The summed E-state index contributed by atoms with van der Waals surface area (Å²) in [6.45, 7) is 0.263. The minimum Gasteiger partial charge on any atom is -0.371 e. The molecular formula is C8H16F3NOS. The van der Waals surface area contributed by atoms with Crippen LogP contribution < -0.4 is 5.32 Å². The Hall–Kier alpha value is 0.0600. The number of alkyl halides is 3. The summed E-state index contributed by atoms with van der Waals surface area (Å²) in [4.78, 5) is 0. The molecule has 0 atom stereocenters. The third-order valence-corrected chi connectivity index (χ3v) is 2.09. The van der Waals surface area contributed by atoms with E-state index in [9.17, 15) is 13.2 Å². The molecule has 0 saturated heterocycles. The van der Waals surface area contributed by atoms with E-state index >= 15 is 0 Å². The van der Waals surface area contributed by atoms with Crippen molar-refractivity contribution in [2.75, 3.05) is 38.3 Å². The third-order valence-electron chi connectivity index (χ3n) is 1.39. The molecule has 0 spiro atoms. The Morgan fingerprint density at radius 1 is 1.29 bits per heavy atom. The van der Waals surface area contributed by atoms with Crippen molar-refractivity contribution in [3.63, 3.8) is 0 Å². The zero-order valence-electron chi connectivity index (χ0n) is 8.19. The van der Waals surface area contributed by atoms with E-state index in [4.69, 9.17) is 0 Å². The van der Waals surface area contributed by atoms with Crippen LogP contribution in [0, 0.1) is 0 Å². The largest absolute Gasteiger partial charge is 0.411 e. The SMILES string of the molecule is CSCCCNCCOCC(F)(F)F. The van der Waals surface area contributed by atoms with Crippen molar-refractivity contribution >= 4 is 11.8 Å². The second kappa shape index (κ2) is 8.38.